The molecular formula is C20H27ClN4O2. The number of nitrogens with zero attached hydrogens (tertiary/aromatic N) is 1. The molecule has 3 rings (SSSR count). The van der Waals surface area contributed by atoms with E-state index in [2.05, 4.69) is 52.6 Å². The van der Waals surface area contributed by atoms with Crippen LogP contribution in [0.3, 0.4) is 0 Å². The van der Waals surface area contributed by atoms with Crippen LogP contribution in [0.2, 0.25) is 0 Å². The van der Waals surface area contributed by atoms with E-state index in [4.69, 9.17) is 4.74 Å². The number of para-hydroxylation sites is 2. The molecule has 0 aliphatic rings. The number of aryl methyl sites for hydroxylation is 2. The number of anilines is 1. The number of benzene rings is 2. The lowest BCUT2D eigenvalue weighted by Gasteiger charge is -2.15. The molecule has 0 fully saturated rings. The van der Waals surface area contributed by atoms with Crippen LogP contribution in [-0.4, -0.2) is 47.4 Å². The maximum atomic E-state index is 10.1. The SMILES string of the molecule is Cc1cccc(C)c1NCCNCC(O)COc1cccc2[nH]cnc12.Cl. The number of fused-ring (bicyclic) bond motifs is 1. The molecule has 0 spiro atoms. The molecule has 0 saturated carbocycles. The fourth-order valence-electron chi connectivity index (χ4n) is 2.94. The summed E-state index contributed by atoms with van der Waals surface area (Å²) in [6.07, 6.45) is 1.06. The van der Waals surface area contributed by atoms with E-state index < -0.39 is 6.10 Å². The van der Waals surface area contributed by atoms with Crippen LogP contribution < -0.4 is 15.4 Å². The number of aliphatic hydroxyl groups is 1. The lowest BCUT2D eigenvalue weighted by Crippen LogP contribution is -2.34. The van der Waals surface area contributed by atoms with Crippen LogP contribution in [0.1, 0.15) is 11.1 Å². The van der Waals surface area contributed by atoms with Gasteiger partial charge in [-0.05, 0) is 37.1 Å². The summed E-state index contributed by atoms with van der Waals surface area (Å²) >= 11 is 0. The Kier molecular flexibility index (Phi) is 7.91. The molecule has 146 valence electrons. The summed E-state index contributed by atoms with van der Waals surface area (Å²) in [5, 5.41) is 16.8. The number of imidazole rings is 1. The van der Waals surface area contributed by atoms with Crippen LogP contribution >= 0.6 is 12.4 Å². The zero-order valence-electron chi connectivity index (χ0n) is 15.7. The van der Waals surface area contributed by atoms with Crippen molar-refractivity contribution in [2.75, 3.05) is 31.6 Å². The van der Waals surface area contributed by atoms with Crippen molar-refractivity contribution in [2.45, 2.75) is 20.0 Å². The minimum absolute atomic E-state index is 0. The Hall–Kier alpha value is -2.28. The molecule has 1 atom stereocenters. The summed E-state index contributed by atoms with van der Waals surface area (Å²) < 4.78 is 5.71. The Labute approximate surface area is 165 Å². The van der Waals surface area contributed by atoms with Gasteiger partial charge in [-0.2, -0.15) is 0 Å². The average molecular weight is 391 g/mol. The normalized spacial score (nSPS) is 11.8. The monoisotopic (exact) mass is 390 g/mol. The van der Waals surface area contributed by atoms with Gasteiger partial charge in [0.15, 0.2) is 0 Å². The van der Waals surface area contributed by atoms with Gasteiger partial charge < -0.3 is 25.5 Å². The van der Waals surface area contributed by atoms with Crippen molar-refractivity contribution in [1.82, 2.24) is 15.3 Å². The Balaban J connectivity index is 0.00000261. The molecule has 0 amide bonds. The molecule has 0 radical (unpaired) electrons. The minimum Gasteiger partial charge on any atom is -0.488 e. The molecule has 0 aliphatic heterocycles. The smallest absolute Gasteiger partial charge is 0.147 e. The van der Waals surface area contributed by atoms with Gasteiger partial charge in [0.2, 0.25) is 0 Å². The van der Waals surface area contributed by atoms with Gasteiger partial charge in [-0.15, -0.1) is 12.4 Å². The molecule has 4 N–H and O–H groups in total. The second-order valence-corrected chi connectivity index (χ2v) is 6.42. The molecule has 6 nitrogen and oxygen atoms in total. The van der Waals surface area contributed by atoms with Gasteiger partial charge in [-0.1, -0.05) is 24.3 Å². The molecule has 1 heterocycles. The van der Waals surface area contributed by atoms with Crippen LogP contribution in [0, 0.1) is 13.8 Å². The Morgan fingerprint density at radius 2 is 1.85 bits per heavy atom. The third-order valence-corrected chi connectivity index (χ3v) is 4.31. The number of hydrogen-bond donors (Lipinski definition) is 4. The number of aliphatic hydroxyl groups excluding tert-OH is 1. The first-order valence-electron chi connectivity index (χ1n) is 8.89. The van der Waals surface area contributed by atoms with Gasteiger partial charge in [0.05, 0.1) is 11.8 Å². The number of rotatable bonds is 9. The van der Waals surface area contributed by atoms with Crippen molar-refractivity contribution in [3.63, 3.8) is 0 Å². The van der Waals surface area contributed by atoms with Gasteiger partial charge in [-0.3, -0.25) is 0 Å². The van der Waals surface area contributed by atoms with Crippen molar-refractivity contribution in [3.05, 3.63) is 53.9 Å². The molecule has 0 bridgehead atoms. The molecule has 1 aromatic heterocycles. The summed E-state index contributed by atoms with van der Waals surface area (Å²) in [4.78, 5) is 7.28. The highest BCUT2D eigenvalue weighted by Gasteiger charge is 2.08. The summed E-state index contributed by atoms with van der Waals surface area (Å²) in [6.45, 7) is 6.47. The number of ether oxygens (including phenoxy) is 1. The highest BCUT2D eigenvalue weighted by Crippen LogP contribution is 2.22. The van der Waals surface area contributed by atoms with E-state index in [1.165, 1.54) is 16.8 Å². The fraction of sp³-hybridized carbons (Fsp3) is 0.350. The van der Waals surface area contributed by atoms with E-state index in [0.717, 1.165) is 24.1 Å². The first-order valence-corrected chi connectivity index (χ1v) is 8.89. The van der Waals surface area contributed by atoms with E-state index in [1.807, 2.05) is 18.2 Å². The maximum absolute atomic E-state index is 10.1. The highest BCUT2D eigenvalue weighted by molar-refractivity contribution is 5.85. The molecule has 3 aromatic rings. The maximum Gasteiger partial charge on any atom is 0.147 e. The molecule has 2 aromatic carbocycles. The molecule has 7 heteroatoms. The predicted molar refractivity (Wildman–Crippen MR) is 112 cm³/mol. The van der Waals surface area contributed by atoms with Crippen molar-refractivity contribution in [3.8, 4) is 5.75 Å². The quantitative estimate of drug-likeness (QED) is 0.422. The number of aromatic nitrogens is 2. The van der Waals surface area contributed by atoms with Crippen molar-refractivity contribution in [2.24, 2.45) is 0 Å². The van der Waals surface area contributed by atoms with Crippen LogP contribution in [0.25, 0.3) is 11.0 Å². The second kappa shape index (κ2) is 10.2. The first kappa shape index (κ1) is 21.0. The molecule has 0 aliphatic carbocycles. The van der Waals surface area contributed by atoms with E-state index in [1.54, 1.807) is 6.33 Å². The Morgan fingerprint density at radius 1 is 1.11 bits per heavy atom. The Morgan fingerprint density at radius 3 is 2.63 bits per heavy atom. The van der Waals surface area contributed by atoms with Gasteiger partial charge in [0, 0.05) is 25.3 Å². The minimum atomic E-state index is -0.579. The van der Waals surface area contributed by atoms with Gasteiger partial charge in [-0.25, -0.2) is 4.98 Å². The van der Waals surface area contributed by atoms with E-state index in [-0.39, 0.29) is 19.0 Å². The largest absolute Gasteiger partial charge is 0.488 e. The molecular weight excluding hydrogens is 364 g/mol. The highest BCUT2D eigenvalue weighted by atomic mass is 35.5. The topological polar surface area (TPSA) is 82.2 Å². The zero-order valence-corrected chi connectivity index (χ0v) is 16.5. The average Bonchev–Trinajstić information content (AvgIpc) is 3.11. The van der Waals surface area contributed by atoms with Gasteiger partial charge in [0.1, 0.15) is 24.0 Å². The van der Waals surface area contributed by atoms with E-state index in [9.17, 15) is 5.11 Å². The number of hydrogen-bond acceptors (Lipinski definition) is 5. The predicted octanol–water partition coefficient (Wildman–Crippen LogP) is 3.04. The summed E-state index contributed by atoms with van der Waals surface area (Å²) in [5.41, 5.74) is 5.38. The van der Waals surface area contributed by atoms with Crippen molar-refractivity contribution < 1.29 is 9.84 Å². The zero-order chi connectivity index (χ0) is 18.4. The van der Waals surface area contributed by atoms with Gasteiger partial charge in [0.25, 0.3) is 0 Å². The van der Waals surface area contributed by atoms with E-state index >= 15 is 0 Å². The van der Waals surface area contributed by atoms with Gasteiger partial charge >= 0.3 is 0 Å². The molecule has 27 heavy (non-hydrogen) atoms. The van der Waals surface area contributed by atoms with Crippen molar-refractivity contribution >= 4 is 29.1 Å². The van der Waals surface area contributed by atoms with Crippen LogP contribution in [0.4, 0.5) is 5.69 Å². The molecule has 1 unspecified atom stereocenters. The number of nitrogens with one attached hydrogen (secondary N) is 3. The molecule has 0 saturated heterocycles. The number of aromatic amines is 1. The lowest BCUT2D eigenvalue weighted by molar-refractivity contribution is 0.107. The third kappa shape index (κ3) is 5.60. The Bertz CT molecular complexity index is 833. The standard InChI is InChI=1S/C20H26N4O2.ClH/c1-14-5-3-6-15(2)19(14)22-10-9-21-11-16(25)12-26-18-8-4-7-17-20(18)24-13-23-17;/h3-8,13,16,21-22,25H,9-12H2,1-2H3,(H,23,24);1H. The van der Waals surface area contributed by atoms with E-state index in [0.29, 0.717) is 12.3 Å². The summed E-state index contributed by atoms with van der Waals surface area (Å²) in [7, 11) is 0. The lowest BCUT2D eigenvalue weighted by atomic mass is 10.1. The van der Waals surface area contributed by atoms with Crippen LogP contribution in [-0.2, 0) is 0 Å². The number of halogens is 1. The van der Waals surface area contributed by atoms with Crippen LogP contribution in [0.5, 0.6) is 5.75 Å². The second-order valence-electron chi connectivity index (χ2n) is 6.42. The summed E-state index contributed by atoms with van der Waals surface area (Å²) in [5.74, 6) is 0.680. The third-order valence-electron chi connectivity index (χ3n) is 4.31. The first-order chi connectivity index (χ1) is 12.6. The number of H-pyrrole nitrogens is 1. The van der Waals surface area contributed by atoms with Crippen LogP contribution in [0.15, 0.2) is 42.7 Å². The van der Waals surface area contributed by atoms with Crippen molar-refractivity contribution in [1.29, 1.82) is 0 Å². The fourth-order valence-corrected chi connectivity index (χ4v) is 2.94. The summed E-state index contributed by atoms with van der Waals surface area (Å²) in [6, 6.07) is 12.0.